The summed E-state index contributed by atoms with van der Waals surface area (Å²) < 4.78 is 2.25. The van der Waals surface area contributed by atoms with Crippen LogP contribution in [0.2, 0.25) is 0 Å². The third-order valence-corrected chi connectivity index (χ3v) is 5.76. The van der Waals surface area contributed by atoms with E-state index in [1.807, 2.05) is 43.5 Å². The maximum Gasteiger partial charge on any atom is 0.227 e. The Balaban J connectivity index is 1.45. The molecule has 0 atom stereocenters. The maximum atomic E-state index is 12.7. The van der Waals surface area contributed by atoms with Crippen LogP contribution in [0.5, 0.6) is 0 Å². The Morgan fingerprint density at radius 2 is 1.62 bits per heavy atom. The zero-order valence-electron chi connectivity index (χ0n) is 17.4. The minimum atomic E-state index is 0.0368. The summed E-state index contributed by atoms with van der Waals surface area (Å²) in [5, 5.41) is 3.06. The Morgan fingerprint density at radius 1 is 0.966 bits per heavy atom. The van der Waals surface area contributed by atoms with Crippen molar-refractivity contribution in [1.29, 1.82) is 0 Å². The summed E-state index contributed by atoms with van der Waals surface area (Å²) in [5.74, 6) is 1.15. The SMILES string of the molecule is Cc1ccc(NC(=O)C2CCN(c3ncccc3-n3c(C)ccc3C)CC2)cc1. The summed E-state index contributed by atoms with van der Waals surface area (Å²) in [7, 11) is 0. The molecule has 1 aliphatic heterocycles. The number of nitrogens with one attached hydrogen (secondary N) is 1. The minimum absolute atomic E-state index is 0.0368. The lowest BCUT2D eigenvalue weighted by atomic mass is 9.95. The van der Waals surface area contributed by atoms with Crippen LogP contribution in [-0.2, 0) is 4.79 Å². The van der Waals surface area contributed by atoms with Gasteiger partial charge in [0.15, 0.2) is 5.82 Å². The average molecular weight is 389 g/mol. The van der Waals surface area contributed by atoms with E-state index >= 15 is 0 Å². The van der Waals surface area contributed by atoms with Gasteiger partial charge in [0.2, 0.25) is 5.91 Å². The van der Waals surface area contributed by atoms with Crippen molar-refractivity contribution in [2.24, 2.45) is 5.92 Å². The highest BCUT2D eigenvalue weighted by Gasteiger charge is 2.27. The standard InChI is InChI=1S/C24H28N4O/c1-17-6-10-21(11-7-17)26-24(29)20-12-15-27(16-13-20)23-22(5-4-14-25-23)28-18(2)8-9-19(28)3/h4-11,14,20H,12-13,15-16H2,1-3H3,(H,26,29). The molecule has 0 bridgehead atoms. The molecule has 0 radical (unpaired) electrons. The van der Waals surface area contributed by atoms with Crippen LogP contribution in [0.25, 0.3) is 5.69 Å². The second-order valence-electron chi connectivity index (χ2n) is 7.91. The third kappa shape index (κ3) is 4.04. The lowest BCUT2D eigenvalue weighted by molar-refractivity contribution is -0.120. The van der Waals surface area contributed by atoms with Gasteiger partial charge in [0.1, 0.15) is 0 Å². The molecule has 1 aliphatic rings. The number of carbonyl (C=O) groups is 1. The number of nitrogens with zero attached hydrogens (tertiary/aromatic N) is 3. The molecule has 0 saturated carbocycles. The van der Waals surface area contributed by atoms with E-state index in [9.17, 15) is 4.79 Å². The molecule has 2 aromatic heterocycles. The number of pyridine rings is 1. The fourth-order valence-corrected chi connectivity index (χ4v) is 4.09. The van der Waals surface area contributed by atoms with Gasteiger partial charge in [0, 0.05) is 42.3 Å². The first-order valence-corrected chi connectivity index (χ1v) is 10.3. The van der Waals surface area contributed by atoms with Crippen molar-refractivity contribution in [3.8, 4) is 5.69 Å². The topological polar surface area (TPSA) is 50.2 Å². The number of piperidine rings is 1. The Kier molecular flexibility index (Phi) is 5.38. The van der Waals surface area contributed by atoms with Gasteiger partial charge in [-0.2, -0.15) is 0 Å². The van der Waals surface area contributed by atoms with E-state index in [4.69, 9.17) is 4.98 Å². The zero-order valence-corrected chi connectivity index (χ0v) is 17.4. The Hall–Kier alpha value is -3.08. The van der Waals surface area contributed by atoms with Crippen molar-refractivity contribution in [1.82, 2.24) is 9.55 Å². The molecule has 3 heterocycles. The van der Waals surface area contributed by atoms with E-state index in [1.165, 1.54) is 17.0 Å². The first-order chi connectivity index (χ1) is 14.0. The summed E-state index contributed by atoms with van der Waals surface area (Å²) in [5.41, 5.74) is 5.56. The van der Waals surface area contributed by atoms with Gasteiger partial charge in [-0.1, -0.05) is 17.7 Å². The van der Waals surface area contributed by atoms with Crippen molar-refractivity contribution in [2.45, 2.75) is 33.6 Å². The summed E-state index contributed by atoms with van der Waals surface area (Å²) in [6.45, 7) is 7.94. The van der Waals surface area contributed by atoms with Crippen LogP contribution in [0.4, 0.5) is 11.5 Å². The smallest absolute Gasteiger partial charge is 0.227 e. The average Bonchev–Trinajstić information content (AvgIpc) is 3.08. The van der Waals surface area contributed by atoms with E-state index in [1.54, 1.807) is 0 Å². The molecule has 0 aliphatic carbocycles. The quantitative estimate of drug-likeness (QED) is 0.708. The summed E-state index contributed by atoms with van der Waals surface area (Å²) in [4.78, 5) is 19.7. The van der Waals surface area contributed by atoms with Crippen LogP contribution in [0.3, 0.4) is 0 Å². The van der Waals surface area contributed by atoms with Crippen LogP contribution in [0.1, 0.15) is 29.8 Å². The Morgan fingerprint density at radius 3 is 2.28 bits per heavy atom. The van der Waals surface area contributed by atoms with Crippen molar-refractivity contribution >= 4 is 17.4 Å². The largest absolute Gasteiger partial charge is 0.355 e. The number of anilines is 2. The molecule has 1 fully saturated rings. The molecule has 1 N–H and O–H groups in total. The van der Waals surface area contributed by atoms with Crippen molar-refractivity contribution in [3.05, 3.63) is 71.7 Å². The van der Waals surface area contributed by atoms with E-state index in [0.29, 0.717) is 0 Å². The molecule has 5 nitrogen and oxygen atoms in total. The summed E-state index contributed by atoms with van der Waals surface area (Å²) in [6, 6.07) is 16.3. The van der Waals surface area contributed by atoms with Crippen molar-refractivity contribution in [3.63, 3.8) is 0 Å². The minimum Gasteiger partial charge on any atom is -0.355 e. The van der Waals surface area contributed by atoms with Crippen LogP contribution < -0.4 is 10.2 Å². The molecule has 3 aromatic rings. The summed E-state index contributed by atoms with van der Waals surface area (Å²) in [6.07, 6.45) is 3.51. The van der Waals surface area contributed by atoms with Gasteiger partial charge >= 0.3 is 0 Å². The fraction of sp³-hybridized carbons (Fsp3) is 0.333. The molecule has 29 heavy (non-hydrogen) atoms. The molecular weight excluding hydrogens is 360 g/mol. The molecule has 1 saturated heterocycles. The highest BCUT2D eigenvalue weighted by atomic mass is 16.1. The van der Waals surface area contributed by atoms with Gasteiger partial charge in [-0.15, -0.1) is 0 Å². The number of amides is 1. The van der Waals surface area contributed by atoms with E-state index in [0.717, 1.165) is 43.1 Å². The number of hydrogen-bond acceptors (Lipinski definition) is 3. The molecule has 5 heteroatoms. The van der Waals surface area contributed by atoms with Crippen molar-refractivity contribution < 1.29 is 4.79 Å². The first kappa shape index (κ1) is 19.2. The van der Waals surface area contributed by atoms with Crippen LogP contribution in [0, 0.1) is 26.7 Å². The lowest BCUT2D eigenvalue weighted by Crippen LogP contribution is -2.39. The number of rotatable bonds is 4. The van der Waals surface area contributed by atoms with E-state index < -0.39 is 0 Å². The Labute approximate surface area is 172 Å². The Bertz CT molecular complexity index is 978. The molecular formula is C24H28N4O. The first-order valence-electron chi connectivity index (χ1n) is 10.3. The lowest BCUT2D eigenvalue weighted by Gasteiger charge is -2.33. The van der Waals surface area contributed by atoms with Gasteiger partial charge in [-0.3, -0.25) is 4.79 Å². The maximum absolute atomic E-state index is 12.7. The second-order valence-corrected chi connectivity index (χ2v) is 7.91. The van der Waals surface area contributed by atoms with Crippen LogP contribution in [0.15, 0.2) is 54.7 Å². The number of carbonyl (C=O) groups excluding carboxylic acids is 1. The van der Waals surface area contributed by atoms with Gasteiger partial charge in [-0.25, -0.2) is 4.98 Å². The van der Waals surface area contributed by atoms with E-state index in [2.05, 4.69) is 46.8 Å². The second kappa shape index (κ2) is 8.11. The van der Waals surface area contributed by atoms with Gasteiger partial charge < -0.3 is 14.8 Å². The third-order valence-electron chi connectivity index (χ3n) is 5.76. The molecule has 150 valence electrons. The number of aryl methyl sites for hydroxylation is 3. The predicted molar refractivity (Wildman–Crippen MR) is 118 cm³/mol. The molecule has 4 rings (SSSR count). The monoisotopic (exact) mass is 388 g/mol. The molecule has 0 unspecified atom stereocenters. The van der Waals surface area contributed by atoms with Gasteiger partial charge in [-0.05, 0) is 70.0 Å². The van der Waals surface area contributed by atoms with Gasteiger partial charge in [0.05, 0.1) is 5.69 Å². The highest BCUT2D eigenvalue weighted by molar-refractivity contribution is 5.92. The predicted octanol–water partition coefficient (Wildman–Crippen LogP) is 4.65. The number of benzene rings is 1. The number of aromatic nitrogens is 2. The summed E-state index contributed by atoms with van der Waals surface area (Å²) >= 11 is 0. The van der Waals surface area contributed by atoms with Crippen molar-refractivity contribution in [2.75, 3.05) is 23.3 Å². The van der Waals surface area contributed by atoms with Crippen LogP contribution in [-0.4, -0.2) is 28.5 Å². The molecule has 1 aromatic carbocycles. The normalized spacial score (nSPS) is 14.8. The fourth-order valence-electron chi connectivity index (χ4n) is 4.09. The number of hydrogen-bond donors (Lipinski definition) is 1. The van der Waals surface area contributed by atoms with E-state index in [-0.39, 0.29) is 11.8 Å². The van der Waals surface area contributed by atoms with Crippen LogP contribution >= 0.6 is 0 Å². The zero-order chi connectivity index (χ0) is 20.4. The van der Waals surface area contributed by atoms with Gasteiger partial charge in [0.25, 0.3) is 0 Å². The molecule has 0 spiro atoms. The highest BCUT2D eigenvalue weighted by Crippen LogP contribution is 2.29. The molecule has 1 amide bonds.